The molecule has 0 aliphatic carbocycles. The smallest absolute Gasteiger partial charge is 0.548 e. The zero-order valence-electron chi connectivity index (χ0n) is 10.3. The predicted molar refractivity (Wildman–Crippen MR) is 57.5 cm³/mol. The quantitative estimate of drug-likeness (QED) is 0.581. The first-order valence-electron chi connectivity index (χ1n) is 5.09. The summed E-state index contributed by atoms with van der Waals surface area (Å²) in [4.78, 5) is 22.4. The molecule has 0 saturated heterocycles. The van der Waals surface area contributed by atoms with Crippen LogP contribution in [0.1, 0.15) is 24.2 Å². The molecule has 4 nitrogen and oxygen atoms in total. The molecular formula is C12H14NNaO3. The molecular weight excluding hydrogens is 229 g/mol. The number of rotatable bonds is 4. The molecule has 0 radical (unpaired) electrons. The van der Waals surface area contributed by atoms with Crippen molar-refractivity contribution in [3.8, 4) is 0 Å². The number of hydrogen-bond donors (Lipinski definition) is 1. The summed E-state index contributed by atoms with van der Waals surface area (Å²) in [6.45, 7) is 3.43. The number of carboxylic acids is 1. The zero-order chi connectivity index (χ0) is 12.1. The second-order valence-corrected chi connectivity index (χ2v) is 3.88. The first-order valence-corrected chi connectivity index (χ1v) is 5.09. The molecule has 86 valence electrons. The van der Waals surface area contributed by atoms with Crippen LogP contribution in [0, 0.1) is 5.92 Å². The Balaban J connectivity index is 0.00000256. The van der Waals surface area contributed by atoms with E-state index in [0.29, 0.717) is 5.56 Å². The van der Waals surface area contributed by atoms with Crippen molar-refractivity contribution < 1.29 is 44.3 Å². The number of benzene rings is 1. The number of nitrogens with one attached hydrogen (secondary N) is 1. The van der Waals surface area contributed by atoms with E-state index in [1.165, 1.54) is 0 Å². The van der Waals surface area contributed by atoms with Crippen molar-refractivity contribution in [3.05, 3.63) is 35.9 Å². The van der Waals surface area contributed by atoms with E-state index in [1.807, 2.05) is 0 Å². The second-order valence-electron chi connectivity index (χ2n) is 3.88. The Labute approximate surface area is 123 Å². The van der Waals surface area contributed by atoms with Crippen LogP contribution in [0.25, 0.3) is 0 Å². The van der Waals surface area contributed by atoms with Crippen LogP contribution < -0.4 is 40.0 Å². The van der Waals surface area contributed by atoms with Gasteiger partial charge in [0, 0.05) is 5.56 Å². The summed E-state index contributed by atoms with van der Waals surface area (Å²) in [6.07, 6.45) is 0. The minimum Gasteiger partial charge on any atom is -0.548 e. The molecule has 0 fully saturated rings. The molecule has 0 heterocycles. The zero-order valence-corrected chi connectivity index (χ0v) is 12.3. The van der Waals surface area contributed by atoms with Crippen LogP contribution in [-0.2, 0) is 4.79 Å². The van der Waals surface area contributed by atoms with Crippen LogP contribution in [-0.4, -0.2) is 17.9 Å². The van der Waals surface area contributed by atoms with E-state index >= 15 is 0 Å². The first kappa shape index (κ1) is 16.2. The second kappa shape index (κ2) is 7.48. The van der Waals surface area contributed by atoms with Gasteiger partial charge < -0.3 is 15.2 Å². The molecule has 1 atom stereocenters. The number of aliphatic carboxylic acids is 1. The van der Waals surface area contributed by atoms with Crippen LogP contribution in [0.4, 0.5) is 0 Å². The van der Waals surface area contributed by atoms with Gasteiger partial charge in [0.25, 0.3) is 5.91 Å². The molecule has 0 aliphatic heterocycles. The Morgan fingerprint density at radius 1 is 1.18 bits per heavy atom. The molecule has 0 spiro atoms. The van der Waals surface area contributed by atoms with E-state index in [9.17, 15) is 14.7 Å². The molecule has 0 aromatic heterocycles. The SMILES string of the molecule is CC(C)C(NC(=O)c1ccccc1)C(=O)[O-].[Na+]. The molecule has 17 heavy (non-hydrogen) atoms. The van der Waals surface area contributed by atoms with Crippen LogP contribution in [0.2, 0.25) is 0 Å². The van der Waals surface area contributed by atoms with Crippen molar-refractivity contribution in [2.24, 2.45) is 5.92 Å². The van der Waals surface area contributed by atoms with Crippen LogP contribution in [0.5, 0.6) is 0 Å². The summed E-state index contributed by atoms with van der Waals surface area (Å²) in [5.74, 6) is -1.87. The molecule has 1 unspecified atom stereocenters. The van der Waals surface area contributed by atoms with Gasteiger partial charge in [0.2, 0.25) is 0 Å². The predicted octanol–water partition coefficient (Wildman–Crippen LogP) is -2.81. The van der Waals surface area contributed by atoms with Gasteiger partial charge in [-0.05, 0) is 18.1 Å². The fourth-order valence-corrected chi connectivity index (χ4v) is 1.31. The topological polar surface area (TPSA) is 69.2 Å². The molecule has 1 amide bonds. The third kappa shape index (κ3) is 4.89. The molecule has 1 rings (SSSR count). The number of carbonyl (C=O) groups excluding carboxylic acids is 2. The maximum absolute atomic E-state index is 11.7. The maximum Gasteiger partial charge on any atom is 1.00 e. The van der Waals surface area contributed by atoms with E-state index in [0.717, 1.165) is 0 Å². The third-order valence-electron chi connectivity index (χ3n) is 2.24. The summed E-state index contributed by atoms with van der Waals surface area (Å²) >= 11 is 0. The molecule has 0 saturated carbocycles. The van der Waals surface area contributed by atoms with Gasteiger partial charge in [-0.25, -0.2) is 0 Å². The van der Waals surface area contributed by atoms with Crippen LogP contribution >= 0.6 is 0 Å². The summed E-state index contributed by atoms with van der Waals surface area (Å²) in [7, 11) is 0. The van der Waals surface area contributed by atoms with Gasteiger partial charge in [0.15, 0.2) is 0 Å². The average Bonchev–Trinajstić information content (AvgIpc) is 2.25. The molecule has 5 heteroatoms. The fourth-order valence-electron chi connectivity index (χ4n) is 1.31. The van der Waals surface area contributed by atoms with Gasteiger partial charge >= 0.3 is 29.6 Å². The van der Waals surface area contributed by atoms with Crippen molar-refractivity contribution in [2.45, 2.75) is 19.9 Å². The maximum atomic E-state index is 11.7. The first-order chi connectivity index (χ1) is 7.52. The van der Waals surface area contributed by atoms with E-state index in [4.69, 9.17) is 0 Å². The van der Waals surface area contributed by atoms with Gasteiger partial charge in [0.05, 0.1) is 12.0 Å². The van der Waals surface area contributed by atoms with Gasteiger partial charge in [-0.15, -0.1) is 0 Å². The minimum atomic E-state index is -1.26. The Morgan fingerprint density at radius 2 is 1.71 bits per heavy atom. The molecule has 1 aromatic rings. The Kier molecular flexibility index (Phi) is 7.11. The van der Waals surface area contributed by atoms with Gasteiger partial charge in [0.1, 0.15) is 0 Å². The summed E-state index contributed by atoms with van der Waals surface area (Å²) in [6, 6.07) is 7.52. The standard InChI is InChI=1S/C12H15NO3.Na/c1-8(2)10(12(15)16)13-11(14)9-6-4-3-5-7-9;/h3-8,10H,1-2H3,(H,13,14)(H,15,16);/q;+1/p-1. The Hall–Kier alpha value is -0.840. The Morgan fingerprint density at radius 3 is 2.12 bits per heavy atom. The van der Waals surface area contributed by atoms with E-state index < -0.39 is 17.9 Å². The van der Waals surface area contributed by atoms with Crippen LogP contribution in [0.15, 0.2) is 30.3 Å². The third-order valence-corrected chi connectivity index (χ3v) is 2.24. The Bertz CT molecular complexity index is 379. The molecule has 0 aliphatic rings. The molecule has 1 N–H and O–H groups in total. The summed E-state index contributed by atoms with van der Waals surface area (Å²) in [5, 5.41) is 13.2. The van der Waals surface area contributed by atoms with Crippen molar-refractivity contribution in [2.75, 3.05) is 0 Å². The van der Waals surface area contributed by atoms with Gasteiger partial charge in [-0.2, -0.15) is 0 Å². The van der Waals surface area contributed by atoms with Crippen molar-refractivity contribution in [1.82, 2.24) is 5.32 Å². The largest absolute Gasteiger partial charge is 1.00 e. The summed E-state index contributed by atoms with van der Waals surface area (Å²) < 4.78 is 0. The van der Waals surface area contributed by atoms with E-state index in [1.54, 1.807) is 44.2 Å². The van der Waals surface area contributed by atoms with E-state index in [-0.39, 0.29) is 35.5 Å². The molecule has 1 aromatic carbocycles. The summed E-state index contributed by atoms with van der Waals surface area (Å²) in [5.41, 5.74) is 0.439. The van der Waals surface area contributed by atoms with Crippen molar-refractivity contribution in [3.63, 3.8) is 0 Å². The van der Waals surface area contributed by atoms with Gasteiger partial charge in [-0.1, -0.05) is 32.0 Å². The normalized spacial score (nSPS) is 11.5. The fraction of sp³-hybridized carbons (Fsp3) is 0.333. The van der Waals surface area contributed by atoms with Gasteiger partial charge in [-0.3, -0.25) is 4.79 Å². The number of amides is 1. The minimum absolute atomic E-state index is 0. The number of carboxylic acid groups (broad SMARTS) is 1. The van der Waals surface area contributed by atoms with E-state index in [2.05, 4.69) is 5.32 Å². The molecule has 0 bridgehead atoms. The van der Waals surface area contributed by atoms with Crippen LogP contribution in [0.3, 0.4) is 0 Å². The number of hydrogen-bond acceptors (Lipinski definition) is 3. The number of carbonyl (C=O) groups is 2. The average molecular weight is 243 g/mol. The monoisotopic (exact) mass is 243 g/mol. The van der Waals surface area contributed by atoms with Crippen molar-refractivity contribution >= 4 is 11.9 Å². The van der Waals surface area contributed by atoms with Crippen molar-refractivity contribution in [1.29, 1.82) is 0 Å².